The van der Waals surface area contributed by atoms with Crippen LogP contribution >= 0.6 is 24.0 Å². The second-order valence-electron chi connectivity index (χ2n) is 2.88. The highest BCUT2D eigenvalue weighted by Crippen LogP contribution is 2.11. The Kier molecular flexibility index (Phi) is 12.1. The molecule has 0 rings (SSSR count). The van der Waals surface area contributed by atoms with Crippen LogP contribution in [0.3, 0.4) is 0 Å². The van der Waals surface area contributed by atoms with Crippen molar-refractivity contribution in [3.8, 4) is 0 Å². The van der Waals surface area contributed by atoms with E-state index in [0.29, 0.717) is 0 Å². The summed E-state index contributed by atoms with van der Waals surface area (Å²) < 4.78 is 4.87. The lowest BCUT2D eigenvalue weighted by molar-refractivity contribution is 0.111. The lowest BCUT2D eigenvalue weighted by Crippen LogP contribution is -2.12. The van der Waals surface area contributed by atoms with Gasteiger partial charge in [0, 0.05) is 11.6 Å². The Labute approximate surface area is 91.4 Å². The number of carbonyl (C=O) groups excluding carboxylic acids is 1. The molecular weight excluding hydrogens is 211 g/mol. The first-order valence-electron chi connectivity index (χ1n) is 4.56. The highest BCUT2D eigenvalue weighted by molar-refractivity contribution is 6.61. The summed E-state index contributed by atoms with van der Waals surface area (Å²) in [6.07, 6.45) is 5.28. The lowest BCUT2D eigenvalue weighted by Gasteiger charge is -2.13. The molecule has 0 aliphatic rings. The molecule has 0 aromatic carbocycles. The molecule has 0 saturated heterocycles. The van der Waals surface area contributed by atoms with Gasteiger partial charge in [-0.15, -0.1) is 12.4 Å². The SMILES string of the molecule is CCCCCC(CC)OC(=O)Cl.Cl. The Hall–Kier alpha value is 0.0500. The van der Waals surface area contributed by atoms with Gasteiger partial charge in [-0.25, -0.2) is 4.79 Å². The van der Waals surface area contributed by atoms with Gasteiger partial charge in [-0.1, -0.05) is 26.7 Å². The monoisotopic (exact) mass is 228 g/mol. The van der Waals surface area contributed by atoms with Gasteiger partial charge in [-0.05, 0) is 19.3 Å². The van der Waals surface area contributed by atoms with E-state index in [1.807, 2.05) is 6.92 Å². The van der Waals surface area contributed by atoms with E-state index in [0.717, 1.165) is 19.3 Å². The van der Waals surface area contributed by atoms with Crippen LogP contribution in [-0.4, -0.2) is 11.5 Å². The van der Waals surface area contributed by atoms with Crippen molar-refractivity contribution >= 4 is 29.4 Å². The van der Waals surface area contributed by atoms with Gasteiger partial charge < -0.3 is 4.74 Å². The highest BCUT2D eigenvalue weighted by Gasteiger charge is 2.09. The third kappa shape index (κ3) is 9.97. The zero-order chi connectivity index (χ0) is 9.40. The first-order chi connectivity index (χ1) is 5.70. The largest absolute Gasteiger partial charge is 0.450 e. The predicted octanol–water partition coefficient (Wildman–Crippen LogP) is 4.14. The molecule has 0 aliphatic heterocycles. The van der Waals surface area contributed by atoms with Crippen LogP contribution in [0.4, 0.5) is 4.79 Å². The van der Waals surface area contributed by atoms with E-state index in [9.17, 15) is 4.79 Å². The molecule has 0 spiro atoms. The first kappa shape index (κ1) is 15.5. The van der Waals surface area contributed by atoms with E-state index in [1.165, 1.54) is 12.8 Å². The topological polar surface area (TPSA) is 26.3 Å². The second kappa shape index (κ2) is 10.1. The minimum absolute atomic E-state index is 0. The number of hydrogen-bond donors (Lipinski definition) is 0. The minimum atomic E-state index is -0.682. The van der Waals surface area contributed by atoms with Crippen LogP contribution < -0.4 is 0 Å². The van der Waals surface area contributed by atoms with E-state index < -0.39 is 5.43 Å². The summed E-state index contributed by atoms with van der Waals surface area (Å²) in [4.78, 5) is 10.4. The molecule has 2 nitrogen and oxygen atoms in total. The molecule has 1 atom stereocenters. The smallest absolute Gasteiger partial charge is 0.404 e. The molecule has 0 fully saturated rings. The zero-order valence-corrected chi connectivity index (χ0v) is 9.79. The van der Waals surface area contributed by atoms with Crippen LogP contribution in [0.1, 0.15) is 46.0 Å². The number of rotatable bonds is 6. The van der Waals surface area contributed by atoms with Gasteiger partial charge in [-0.2, -0.15) is 0 Å². The normalized spacial score (nSPS) is 11.6. The quantitative estimate of drug-likeness (QED) is 0.505. The summed E-state index contributed by atoms with van der Waals surface area (Å²) in [6, 6.07) is 0. The fourth-order valence-corrected chi connectivity index (χ4v) is 1.23. The van der Waals surface area contributed by atoms with Crippen molar-refractivity contribution in [2.75, 3.05) is 0 Å². The average molecular weight is 229 g/mol. The fraction of sp³-hybridized carbons (Fsp3) is 0.889. The van der Waals surface area contributed by atoms with Crippen LogP contribution in [0.25, 0.3) is 0 Å². The van der Waals surface area contributed by atoms with Gasteiger partial charge in [0.15, 0.2) is 0 Å². The van der Waals surface area contributed by atoms with Crippen molar-refractivity contribution in [1.82, 2.24) is 0 Å². The van der Waals surface area contributed by atoms with Gasteiger partial charge in [0.2, 0.25) is 0 Å². The molecular formula is C9H18Cl2O2. The molecule has 0 bridgehead atoms. The number of hydrogen-bond acceptors (Lipinski definition) is 2. The third-order valence-electron chi connectivity index (χ3n) is 1.84. The van der Waals surface area contributed by atoms with Crippen LogP contribution in [0.2, 0.25) is 0 Å². The Balaban J connectivity index is 0. The predicted molar refractivity (Wildman–Crippen MR) is 57.8 cm³/mol. The molecule has 0 saturated carbocycles. The van der Waals surface area contributed by atoms with E-state index in [2.05, 4.69) is 6.92 Å². The van der Waals surface area contributed by atoms with Crippen LogP contribution in [0.15, 0.2) is 0 Å². The van der Waals surface area contributed by atoms with Crippen molar-refractivity contribution in [3.63, 3.8) is 0 Å². The Morgan fingerprint density at radius 1 is 1.38 bits per heavy atom. The Bertz CT molecular complexity index is 129. The summed E-state index contributed by atoms with van der Waals surface area (Å²) in [7, 11) is 0. The molecule has 0 N–H and O–H groups in total. The van der Waals surface area contributed by atoms with Crippen molar-refractivity contribution in [3.05, 3.63) is 0 Å². The third-order valence-corrected chi connectivity index (χ3v) is 1.93. The molecule has 0 radical (unpaired) electrons. The van der Waals surface area contributed by atoms with Gasteiger partial charge in [-0.3, -0.25) is 0 Å². The maximum absolute atomic E-state index is 10.4. The van der Waals surface area contributed by atoms with Crippen molar-refractivity contribution in [2.24, 2.45) is 0 Å². The molecule has 0 aliphatic carbocycles. The zero-order valence-electron chi connectivity index (χ0n) is 8.22. The van der Waals surface area contributed by atoms with Gasteiger partial charge in [0.25, 0.3) is 0 Å². The van der Waals surface area contributed by atoms with Gasteiger partial charge in [0.05, 0.1) is 0 Å². The van der Waals surface area contributed by atoms with Crippen LogP contribution in [0.5, 0.6) is 0 Å². The number of ether oxygens (including phenoxy) is 1. The Morgan fingerprint density at radius 2 is 2.00 bits per heavy atom. The van der Waals surface area contributed by atoms with E-state index >= 15 is 0 Å². The number of carbonyl (C=O) groups is 1. The maximum Gasteiger partial charge on any atom is 0.404 e. The lowest BCUT2D eigenvalue weighted by atomic mass is 10.1. The average Bonchev–Trinajstić information content (AvgIpc) is 2.02. The number of unbranched alkanes of at least 4 members (excludes halogenated alkanes) is 2. The van der Waals surface area contributed by atoms with Crippen molar-refractivity contribution in [1.29, 1.82) is 0 Å². The molecule has 80 valence electrons. The summed E-state index contributed by atoms with van der Waals surface area (Å²) in [5.74, 6) is 0. The minimum Gasteiger partial charge on any atom is -0.450 e. The molecule has 0 aromatic rings. The van der Waals surface area contributed by atoms with Crippen LogP contribution in [-0.2, 0) is 4.74 Å². The maximum atomic E-state index is 10.4. The van der Waals surface area contributed by atoms with E-state index in [4.69, 9.17) is 16.3 Å². The standard InChI is InChI=1S/C9H17ClO2.ClH/c1-3-5-6-7-8(4-2)12-9(10)11;/h8H,3-7H2,1-2H3;1H. The fourth-order valence-electron chi connectivity index (χ4n) is 1.10. The van der Waals surface area contributed by atoms with Crippen molar-refractivity contribution < 1.29 is 9.53 Å². The van der Waals surface area contributed by atoms with Gasteiger partial charge >= 0.3 is 5.43 Å². The van der Waals surface area contributed by atoms with Crippen LogP contribution in [0, 0.1) is 0 Å². The van der Waals surface area contributed by atoms with Gasteiger partial charge in [0.1, 0.15) is 6.10 Å². The molecule has 13 heavy (non-hydrogen) atoms. The summed E-state index contributed by atoms with van der Waals surface area (Å²) in [6.45, 7) is 4.14. The molecule has 0 amide bonds. The first-order valence-corrected chi connectivity index (χ1v) is 4.94. The molecule has 0 heterocycles. The molecule has 0 aromatic heterocycles. The second-order valence-corrected chi connectivity index (χ2v) is 3.19. The summed E-state index contributed by atoms with van der Waals surface area (Å²) in [5, 5.41) is 0. The van der Waals surface area contributed by atoms with Crippen molar-refractivity contribution in [2.45, 2.75) is 52.1 Å². The number of halogens is 2. The molecule has 4 heteroatoms. The summed E-state index contributed by atoms with van der Waals surface area (Å²) >= 11 is 5.10. The molecule has 1 unspecified atom stereocenters. The Morgan fingerprint density at radius 3 is 2.38 bits per heavy atom. The summed E-state index contributed by atoms with van der Waals surface area (Å²) in [5.41, 5.74) is -0.682. The van der Waals surface area contributed by atoms with E-state index in [-0.39, 0.29) is 18.5 Å². The van der Waals surface area contributed by atoms with E-state index in [1.54, 1.807) is 0 Å². The highest BCUT2D eigenvalue weighted by atomic mass is 35.5.